The molecule has 3 rings (SSSR count). The molecule has 1 fully saturated rings. The number of nitrogen functional groups attached to an aromatic ring is 1. The molecule has 0 saturated carbocycles. The van der Waals surface area contributed by atoms with Crippen LogP contribution in [0.4, 0.5) is 9.52 Å². The second-order valence-corrected chi connectivity index (χ2v) is 7.80. The van der Waals surface area contributed by atoms with E-state index in [4.69, 9.17) is 5.73 Å². The van der Waals surface area contributed by atoms with Gasteiger partial charge >= 0.3 is 5.97 Å². The molecule has 1 aliphatic rings. The summed E-state index contributed by atoms with van der Waals surface area (Å²) in [5, 5.41) is 20.7. The van der Waals surface area contributed by atoms with Gasteiger partial charge in [-0.1, -0.05) is 23.5 Å². The van der Waals surface area contributed by atoms with Gasteiger partial charge in [-0.25, -0.2) is 9.37 Å². The number of halogens is 1. The summed E-state index contributed by atoms with van der Waals surface area (Å²) in [5.74, 6) is -2.07. The van der Waals surface area contributed by atoms with E-state index >= 15 is 0 Å². The Labute approximate surface area is 159 Å². The van der Waals surface area contributed by atoms with Gasteiger partial charge in [0.15, 0.2) is 5.13 Å². The van der Waals surface area contributed by atoms with Crippen LogP contribution in [-0.2, 0) is 11.2 Å². The molecule has 0 bridgehead atoms. The van der Waals surface area contributed by atoms with Gasteiger partial charge in [0.1, 0.15) is 16.1 Å². The average molecular weight is 393 g/mol. The number of nitrogens with two attached hydrogens (primary N) is 1. The second kappa shape index (κ2) is 7.24. The van der Waals surface area contributed by atoms with Crippen LogP contribution in [0.25, 0.3) is 0 Å². The lowest BCUT2D eigenvalue weighted by Crippen LogP contribution is -2.58. The van der Waals surface area contributed by atoms with Crippen LogP contribution in [0.2, 0.25) is 0 Å². The quantitative estimate of drug-likeness (QED) is 0.728. The zero-order chi connectivity index (χ0) is 19.8. The molecule has 0 spiro atoms. The molecule has 1 saturated heterocycles. The predicted molar refractivity (Wildman–Crippen MR) is 98.0 cm³/mol. The molecule has 4 N–H and O–H groups in total. The normalized spacial score (nSPS) is 22.6. The third-order valence-corrected chi connectivity index (χ3v) is 5.89. The van der Waals surface area contributed by atoms with Crippen molar-refractivity contribution in [1.29, 1.82) is 0 Å². The zero-order valence-corrected chi connectivity index (χ0v) is 15.5. The first-order valence-electron chi connectivity index (χ1n) is 8.41. The standard InChI is InChI=1S/C18H20FN3O4S/c1-10-14(27-17(20)21-10)15(24)22-6-5-13(23)18(9-22,16(25)26)8-11-3-2-4-12(19)7-11/h2-4,7,13,23H,5-6,8-9H2,1H3,(H2,20,21)(H,25,26)/t13-,18+/m0/s1. The van der Waals surface area contributed by atoms with Gasteiger partial charge in [-0.2, -0.15) is 0 Å². The van der Waals surface area contributed by atoms with Crippen LogP contribution in [-0.4, -0.2) is 51.2 Å². The molecule has 0 unspecified atom stereocenters. The summed E-state index contributed by atoms with van der Waals surface area (Å²) in [6, 6.07) is 5.60. The molecule has 2 heterocycles. The summed E-state index contributed by atoms with van der Waals surface area (Å²) < 4.78 is 13.5. The number of carbonyl (C=O) groups excluding carboxylic acids is 1. The minimum absolute atomic E-state index is 0.0884. The van der Waals surface area contributed by atoms with E-state index in [1.807, 2.05) is 0 Å². The summed E-state index contributed by atoms with van der Waals surface area (Å²) in [7, 11) is 0. The number of carbonyl (C=O) groups is 2. The van der Waals surface area contributed by atoms with Crippen molar-refractivity contribution < 1.29 is 24.2 Å². The number of amides is 1. The molecule has 1 aromatic carbocycles. The maximum Gasteiger partial charge on any atom is 0.314 e. The van der Waals surface area contributed by atoms with Crippen molar-refractivity contribution in [3.05, 3.63) is 46.2 Å². The molecule has 0 radical (unpaired) electrons. The Hall–Kier alpha value is -2.52. The van der Waals surface area contributed by atoms with Crippen LogP contribution in [0.15, 0.2) is 24.3 Å². The van der Waals surface area contributed by atoms with Gasteiger partial charge in [-0.3, -0.25) is 9.59 Å². The number of carboxylic acid groups (broad SMARTS) is 1. The molecule has 7 nitrogen and oxygen atoms in total. The molecule has 9 heteroatoms. The van der Waals surface area contributed by atoms with Crippen molar-refractivity contribution in [3.63, 3.8) is 0 Å². The molecule has 1 aliphatic heterocycles. The molecule has 2 aromatic rings. The minimum Gasteiger partial charge on any atom is -0.481 e. The van der Waals surface area contributed by atoms with Crippen molar-refractivity contribution in [2.24, 2.45) is 5.41 Å². The summed E-state index contributed by atoms with van der Waals surface area (Å²) in [6.45, 7) is 1.70. The number of carboxylic acids is 1. The smallest absolute Gasteiger partial charge is 0.314 e. The van der Waals surface area contributed by atoms with E-state index in [2.05, 4.69) is 4.98 Å². The lowest BCUT2D eigenvalue weighted by Gasteiger charge is -2.43. The number of aromatic nitrogens is 1. The fraction of sp³-hybridized carbons (Fsp3) is 0.389. The van der Waals surface area contributed by atoms with Crippen molar-refractivity contribution >= 4 is 28.3 Å². The lowest BCUT2D eigenvalue weighted by atomic mass is 9.72. The second-order valence-electron chi connectivity index (χ2n) is 6.77. The van der Waals surface area contributed by atoms with E-state index in [1.165, 1.54) is 23.1 Å². The summed E-state index contributed by atoms with van der Waals surface area (Å²) >= 11 is 1.05. The molecule has 144 valence electrons. The fourth-order valence-electron chi connectivity index (χ4n) is 3.48. The molecular formula is C18H20FN3O4S. The van der Waals surface area contributed by atoms with Crippen molar-refractivity contribution in [2.75, 3.05) is 18.8 Å². The number of benzene rings is 1. The average Bonchev–Trinajstić information content (AvgIpc) is 2.94. The largest absolute Gasteiger partial charge is 0.481 e. The maximum atomic E-state index is 13.5. The van der Waals surface area contributed by atoms with Gasteiger partial charge in [0.25, 0.3) is 5.91 Å². The summed E-state index contributed by atoms with van der Waals surface area (Å²) in [6.07, 6.45) is -1.13. The highest BCUT2D eigenvalue weighted by Crippen LogP contribution is 2.36. The minimum atomic E-state index is -1.62. The van der Waals surface area contributed by atoms with Crippen LogP contribution in [0.1, 0.15) is 27.3 Å². The van der Waals surface area contributed by atoms with Crippen LogP contribution >= 0.6 is 11.3 Å². The number of thiazole rings is 1. The Morgan fingerprint density at radius 1 is 1.48 bits per heavy atom. The topological polar surface area (TPSA) is 117 Å². The SMILES string of the molecule is Cc1nc(N)sc1C(=O)N1CC[C@H](O)[C@](Cc2cccc(F)c2)(C(=O)O)C1. The summed E-state index contributed by atoms with van der Waals surface area (Å²) in [5.41, 5.74) is 4.97. The number of aliphatic carboxylic acids is 1. The van der Waals surface area contributed by atoms with Gasteiger partial charge in [0, 0.05) is 13.1 Å². The fourth-order valence-corrected chi connectivity index (χ4v) is 4.28. The number of hydrogen-bond acceptors (Lipinski definition) is 6. The Morgan fingerprint density at radius 3 is 2.81 bits per heavy atom. The van der Waals surface area contributed by atoms with E-state index in [-0.39, 0.29) is 37.0 Å². The molecule has 1 amide bonds. The first-order chi connectivity index (χ1) is 12.7. The van der Waals surface area contributed by atoms with Crippen molar-refractivity contribution in [3.8, 4) is 0 Å². The maximum absolute atomic E-state index is 13.5. The van der Waals surface area contributed by atoms with E-state index in [0.717, 1.165) is 11.3 Å². The Balaban J connectivity index is 1.92. The van der Waals surface area contributed by atoms with Gasteiger partial charge in [0.2, 0.25) is 0 Å². The van der Waals surface area contributed by atoms with Crippen molar-refractivity contribution in [2.45, 2.75) is 25.9 Å². The number of aliphatic hydroxyl groups excluding tert-OH is 1. The molecule has 27 heavy (non-hydrogen) atoms. The van der Waals surface area contributed by atoms with Crippen LogP contribution in [0, 0.1) is 18.2 Å². The van der Waals surface area contributed by atoms with Crippen LogP contribution in [0.3, 0.4) is 0 Å². The zero-order valence-electron chi connectivity index (χ0n) is 14.7. The monoisotopic (exact) mass is 393 g/mol. The van der Waals surface area contributed by atoms with Gasteiger partial charge < -0.3 is 20.8 Å². The van der Waals surface area contributed by atoms with Gasteiger partial charge in [-0.15, -0.1) is 0 Å². The number of nitrogens with zero attached hydrogens (tertiary/aromatic N) is 2. The van der Waals surface area contributed by atoms with E-state index < -0.39 is 23.3 Å². The number of anilines is 1. The third kappa shape index (κ3) is 3.65. The van der Waals surface area contributed by atoms with Crippen molar-refractivity contribution in [1.82, 2.24) is 9.88 Å². The highest BCUT2D eigenvalue weighted by Gasteiger charge is 2.50. The first kappa shape index (κ1) is 19.2. The highest BCUT2D eigenvalue weighted by atomic mass is 32.1. The van der Waals surface area contributed by atoms with E-state index in [1.54, 1.807) is 13.0 Å². The number of likely N-dealkylation sites (tertiary alicyclic amines) is 1. The number of rotatable bonds is 4. The molecule has 1 aromatic heterocycles. The van der Waals surface area contributed by atoms with E-state index in [9.17, 15) is 24.2 Å². The van der Waals surface area contributed by atoms with E-state index in [0.29, 0.717) is 16.1 Å². The third-order valence-electron chi connectivity index (χ3n) is 4.91. The van der Waals surface area contributed by atoms with Crippen LogP contribution < -0.4 is 5.73 Å². The molecule has 0 aliphatic carbocycles. The number of aliphatic hydroxyl groups is 1. The highest BCUT2D eigenvalue weighted by molar-refractivity contribution is 7.17. The van der Waals surface area contributed by atoms with Gasteiger partial charge in [-0.05, 0) is 37.5 Å². The summed E-state index contributed by atoms with van der Waals surface area (Å²) in [4.78, 5) is 30.8. The number of aryl methyl sites for hydroxylation is 1. The number of hydrogen-bond donors (Lipinski definition) is 3. The Bertz CT molecular complexity index is 887. The number of piperidine rings is 1. The lowest BCUT2D eigenvalue weighted by molar-refractivity contribution is -0.161. The molecular weight excluding hydrogens is 373 g/mol. The van der Waals surface area contributed by atoms with Crippen LogP contribution in [0.5, 0.6) is 0 Å². The Kier molecular flexibility index (Phi) is 5.16. The first-order valence-corrected chi connectivity index (χ1v) is 9.22. The molecule has 2 atom stereocenters. The predicted octanol–water partition coefficient (Wildman–Crippen LogP) is 1.69. The Morgan fingerprint density at radius 2 is 2.22 bits per heavy atom. The van der Waals surface area contributed by atoms with Gasteiger partial charge in [0.05, 0.1) is 11.8 Å².